The molecule has 3 aromatic carbocycles. The van der Waals surface area contributed by atoms with Crippen LogP contribution in [0.25, 0.3) is 0 Å². The van der Waals surface area contributed by atoms with Crippen molar-refractivity contribution >= 4 is 33.2 Å². The number of amides is 1. The van der Waals surface area contributed by atoms with Gasteiger partial charge in [-0.3, -0.25) is 9.52 Å². The molecule has 0 fully saturated rings. The molecule has 0 aromatic heterocycles. The molecule has 7 nitrogen and oxygen atoms in total. The number of nitrogens with one attached hydrogen (secondary N) is 1. The van der Waals surface area contributed by atoms with Crippen molar-refractivity contribution in [3.63, 3.8) is 0 Å². The van der Waals surface area contributed by atoms with E-state index < -0.39 is 16.1 Å². The van der Waals surface area contributed by atoms with Gasteiger partial charge in [0.2, 0.25) is 0 Å². The average molecular weight is 501 g/mol. The Kier molecular flexibility index (Phi) is 7.00. The summed E-state index contributed by atoms with van der Waals surface area (Å²) in [6, 6.07) is 18.6. The Bertz CT molecular complexity index is 1290. The summed E-state index contributed by atoms with van der Waals surface area (Å²) < 4.78 is 39.4. The third kappa shape index (κ3) is 5.29. The number of anilines is 1. The topological polar surface area (TPSA) is 84.9 Å². The van der Waals surface area contributed by atoms with Crippen LogP contribution in [0.3, 0.4) is 0 Å². The normalized spacial score (nSPS) is 15.8. The smallest absolute Gasteiger partial charge is 0.263 e. The maximum atomic E-state index is 13.0. The lowest BCUT2D eigenvalue weighted by atomic mass is 10.1. The average Bonchev–Trinajstić information content (AvgIpc) is 2.94. The van der Waals surface area contributed by atoms with Gasteiger partial charge < -0.3 is 14.4 Å². The highest BCUT2D eigenvalue weighted by Crippen LogP contribution is 2.30. The molecule has 4 rings (SSSR count). The van der Waals surface area contributed by atoms with Crippen LogP contribution in [0.15, 0.2) is 71.6 Å². The number of nitrogens with zero attached hydrogens (tertiary/aromatic N) is 1. The van der Waals surface area contributed by atoms with E-state index in [0.717, 1.165) is 11.3 Å². The monoisotopic (exact) mass is 500 g/mol. The zero-order valence-corrected chi connectivity index (χ0v) is 20.4. The fourth-order valence-corrected chi connectivity index (χ4v) is 5.02. The van der Waals surface area contributed by atoms with Crippen LogP contribution in [0.1, 0.15) is 18.1 Å². The lowest BCUT2D eigenvalue weighted by Gasteiger charge is -2.22. The number of para-hydroxylation sites is 1. The Hall–Kier alpha value is -3.23. The Balaban J connectivity index is 1.55. The van der Waals surface area contributed by atoms with Crippen molar-refractivity contribution in [1.82, 2.24) is 4.90 Å². The van der Waals surface area contributed by atoms with Gasteiger partial charge in [0.05, 0.1) is 12.0 Å². The van der Waals surface area contributed by atoms with Crippen LogP contribution in [-0.4, -0.2) is 39.0 Å². The van der Waals surface area contributed by atoms with Gasteiger partial charge in [0.25, 0.3) is 15.9 Å². The molecule has 0 bridgehead atoms. The van der Waals surface area contributed by atoms with E-state index >= 15 is 0 Å². The highest BCUT2D eigenvalue weighted by atomic mass is 35.5. The number of hydrogen-bond donors (Lipinski definition) is 1. The third-order valence-electron chi connectivity index (χ3n) is 5.60. The molecule has 1 atom stereocenters. The number of halogens is 1. The fraction of sp³-hybridized carbons (Fsp3) is 0.240. The Morgan fingerprint density at radius 2 is 1.85 bits per heavy atom. The van der Waals surface area contributed by atoms with Gasteiger partial charge in [-0.15, -0.1) is 0 Å². The van der Waals surface area contributed by atoms with Gasteiger partial charge in [0.15, 0.2) is 6.10 Å². The lowest BCUT2D eigenvalue weighted by molar-refractivity contribution is -0.137. The van der Waals surface area contributed by atoms with E-state index in [0.29, 0.717) is 41.5 Å². The Morgan fingerprint density at radius 3 is 2.59 bits per heavy atom. The first kappa shape index (κ1) is 23.9. The molecule has 1 aliphatic rings. The van der Waals surface area contributed by atoms with Gasteiger partial charge in [-0.05, 0) is 67.4 Å². The quantitative estimate of drug-likeness (QED) is 0.516. The minimum Gasteiger partial charge on any atom is -0.496 e. The second-order valence-corrected chi connectivity index (χ2v) is 10.1. The summed E-state index contributed by atoms with van der Waals surface area (Å²) in [5, 5.41) is 0.452. The molecule has 0 saturated carbocycles. The molecular weight excluding hydrogens is 476 g/mol. The second-order valence-electron chi connectivity index (χ2n) is 7.96. The number of carbonyl (C=O) groups excluding carboxylic acids is 1. The third-order valence-corrected chi connectivity index (χ3v) is 7.25. The van der Waals surface area contributed by atoms with Crippen LogP contribution >= 0.6 is 11.6 Å². The molecule has 0 spiro atoms. The van der Waals surface area contributed by atoms with Crippen molar-refractivity contribution in [3.05, 3.63) is 82.9 Å². The summed E-state index contributed by atoms with van der Waals surface area (Å²) in [4.78, 5) is 14.8. The van der Waals surface area contributed by atoms with Crippen molar-refractivity contribution in [1.29, 1.82) is 0 Å². The molecular formula is C25H25ClN2O5S. The van der Waals surface area contributed by atoms with Gasteiger partial charge in [-0.2, -0.15) is 0 Å². The molecule has 3 aromatic rings. The molecule has 0 unspecified atom stereocenters. The van der Waals surface area contributed by atoms with E-state index in [9.17, 15) is 13.2 Å². The molecule has 1 N–H and O–H groups in total. The molecule has 178 valence electrons. The lowest BCUT2D eigenvalue weighted by Crippen LogP contribution is -2.39. The highest BCUT2D eigenvalue weighted by Gasteiger charge is 2.28. The number of sulfonamides is 1. The maximum Gasteiger partial charge on any atom is 0.263 e. The SMILES string of the molecule is COc1ccccc1CCN1Cc2cc(NS(=O)(=O)c3ccc(Cl)cc3)ccc2O[C@H](C)C1=O. The molecule has 0 saturated heterocycles. The van der Waals surface area contributed by atoms with Gasteiger partial charge in [-0.1, -0.05) is 29.8 Å². The predicted octanol–water partition coefficient (Wildman–Crippen LogP) is 4.50. The Morgan fingerprint density at radius 1 is 1.12 bits per heavy atom. The zero-order valence-electron chi connectivity index (χ0n) is 18.8. The number of hydrogen-bond acceptors (Lipinski definition) is 5. The number of fused-ring (bicyclic) bond motifs is 1. The Labute approximate surface area is 204 Å². The van der Waals surface area contributed by atoms with Gasteiger partial charge >= 0.3 is 0 Å². The first-order valence-corrected chi connectivity index (χ1v) is 12.6. The standard InChI is InChI=1S/C25H25ClN2O5S/c1-17-25(29)28(14-13-18-5-3-4-6-23(18)32-2)16-19-15-21(9-12-24(19)33-17)27-34(30,31)22-10-7-20(26)8-11-22/h3-12,15,17,27H,13-14,16H2,1-2H3/t17-/m1/s1. The molecule has 34 heavy (non-hydrogen) atoms. The largest absolute Gasteiger partial charge is 0.496 e. The minimum absolute atomic E-state index is 0.102. The van der Waals surface area contributed by atoms with E-state index in [1.807, 2.05) is 24.3 Å². The first-order chi connectivity index (χ1) is 16.3. The fourth-order valence-electron chi connectivity index (χ4n) is 3.84. The van der Waals surface area contributed by atoms with Crippen molar-refractivity contribution in [2.45, 2.75) is 30.9 Å². The summed E-state index contributed by atoms with van der Waals surface area (Å²) in [5.41, 5.74) is 2.10. The van der Waals surface area contributed by atoms with E-state index in [1.165, 1.54) is 24.3 Å². The number of rotatable bonds is 7. The summed E-state index contributed by atoms with van der Waals surface area (Å²) in [6.07, 6.45) is -0.0451. The van der Waals surface area contributed by atoms with E-state index in [1.54, 1.807) is 37.1 Å². The molecule has 1 heterocycles. The number of carbonyl (C=O) groups is 1. The highest BCUT2D eigenvalue weighted by molar-refractivity contribution is 7.92. The number of ether oxygens (including phenoxy) is 2. The van der Waals surface area contributed by atoms with Gasteiger partial charge in [0.1, 0.15) is 11.5 Å². The van der Waals surface area contributed by atoms with E-state index in [4.69, 9.17) is 21.1 Å². The van der Waals surface area contributed by atoms with E-state index in [-0.39, 0.29) is 10.8 Å². The van der Waals surface area contributed by atoms with Crippen molar-refractivity contribution < 1.29 is 22.7 Å². The van der Waals surface area contributed by atoms with Gasteiger partial charge in [-0.25, -0.2) is 8.42 Å². The zero-order chi connectivity index (χ0) is 24.3. The molecule has 0 radical (unpaired) electrons. The van der Waals surface area contributed by atoms with Crippen molar-refractivity contribution in [2.24, 2.45) is 0 Å². The molecule has 0 aliphatic carbocycles. The second kappa shape index (κ2) is 9.95. The molecule has 1 aliphatic heterocycles. The van der Waals surface area contributed by atoms with Crippen molar-refractivity contribution in [2.75, 3.05) is 18.4 Å². The number of methoxy groups -OCH3 is 1. The minimum atomic E-state index is -3.80. The summed E-state index contributed by atoms with van der Waals surface area (Å²) >= 11 is 5.87. The van der Waals surface area contributed by atoms with Crippen molar-refractivity contribution in [3.8, 4) is 11.5 Å². The van der Waals surface area contributed by atoms with Crippen LogP contribution in [0, 0.1) is 0 Å². The van der Waals surface area contributed by atoms with Crippen LogP contribution in [0.2, 0.25) is 5.02 Å². The van der Waals surface area contributed by atoms with Crippen LogP contribution in [-0.2, 0) is 27.8 Å². The van der Waals surface area contributed by atoms with Gasteiger partial charge in [0, 0.05) is 29.4 Å². The van der Waals surface area contributed by atoms with E-state index in [2.05, 4.69) is 4.72 Å². The van der Waals surface area contributed by atoms with Crippen LogP contribution < -0.4 is 14.2 Å². The molecule has 9 heteroatoms. The first-order valence-electron chi connectivity index (χ1n) is 10.8. The molecule has 1 amide bonds. The summed E-state index contributed by atoms with van der Waals surface area (Å²) in [5.74, 6) is 1.19. The van der Waals surface area contributed by atoms with Crippen LogP contribution in [0.5, 0.6) is 11.5 Å². The number of benzene rings is 3. The van der Waals surface area contributed by atoms with Crippen LogP contribution in [0.4, 0.5) is 5.69 Å². The summed E-state index contributed by atoms with van der Waals surface area (Å²) in [6.45, 7) is 2.47. The maximum absolute atomic E-state index is 13.0. The summed E-state index contributed by atoms with van der Waals surface area (Å²) in [7, 11) is -2.18. The predicted molar refractivity (Wildman–Crippen MR) is 131 cm³/mol.